The van der Waals surface area contributed by atoms with Gasteiger partial charge in [-0.15, -0.1) is 11.8 Å². The minimum absolute atomic E-state index is 0.741. The minimum Gasteiger partial charge on any atom is -0.399 e. The standard InChI is InChI=1S/C17H17N3S/c1-11-5-12(2)7-13(6-11)9-21-17-15-8-14(18)3-4-16(15)19-10-20-17/h3-8,10H,9,18H2,1-2H3. The third kappa shape index (κ3) is 3.16. The maximum atomic E-state index is 5.87. The Kier molecular flexibility index (Phi) is 3.80. The summed E-state index contributed by atoms with van der Waals surface area (Å²) in [7, 11) is 0. The SMILES string of the molecule is Cc1cc(C)cc(CSc2ncnc3ccc(N)cc23)c1. The van der Waals surface area contributed by atoms with Crippen LogP contribution in [0.5, 0.6) is 0 Å². The lowest BCUT2D eigenvalue weighted by molar-refractivity contribution is 1.10. The zero-order valence-electron chi connectivity index (χ0n) is 12.1. The Balaban J connectivity index is 1.89. The van der Waals surface area contributed by atoms with E-state index in [4.69, 9.17) is 5.73 Å². The van der Waals surface area contributed by atoms with E-state index >= 15 is 0 Å². The van der Waals surface area contributed by atoms with Crippen molar-refractivity contribution in [3.63, 3.8) is 0 Å². The van der Waals surface area contributed by atoms with E-state index in [0.717, 1.165) is 27.4 Å². The average Bonchev–Trinajstić information content (AvgIpc) is 2.44. The van der Waals surface area contributed by atoms with Crippen LogP contribution in [0.25, 0.3) is 10.9 Å². The first-order valence-electron chi connectivity index (χ1n) is 6.82. The summed E-state index contributed by atoms with van der Waals surface area (Å²) in [5.74, 6) is 0.892. The Morgan fingerprint density at radius 2 is 1.76 bits per heavy atom. The highest BCUT2D eigenvalue weighted by molar-refractivity contribution is 7.98. The van der Waals surface area contributed by atoms with E-state index < -0.39 is 0 Å². The van der Waals surface area contributed by atoms with E-state index in [2.05, 4.69) is 42.0 Å². The van der Waals surface area contributed by atoms with Crippen molar-refractivity contribution in [3.05, 3.63) is 59.4 Å². The highest BCUT2D eigenvalue weighted by Gasteiger charge is 2.06. The summed E-state index contributed by atoms with van der Waals surface area (Å²) in [5.41, 5.74) is 11.4. The lowest BCUT2D eigenvalue weighted by atomic mass is 10.1. The Morgan fingerprint density at radius 1 is 1.00 bits per heavy atom. The molecule has 3 aromatic rings. The fourth-order valence-corrected chi connectivity index (χ4v) is 3.38. The number of aromatic nitrogens is 2. The third-order valence-electron chi connectivity index (χ3n) is 3.28. The second-order valence-electron chi connectivity index (χ2n) is 5.24. The summed E-state index contributed by atoms with van der Waals surface area (Å²) >= 11 is 1.72. The van der Waals surface area contributed by atoms with Gasteiger partial charge < -0.3 is 5.73 Å². The quantitative estimate of drug-likeness (QED) is 0.448. The van der Waals surface area contributed by atoms with Crippen LogP contribution in [0.1, 0.15) is 16.7 Å². The van der Waals surface area contributed by atoms with Gasteiger partial charge in [0.15, 0.2) is 0 Å². The van der Waals surface area contributed by atoms with E-state index in [0.29, 0.717) is 0 Å². The van der Waals surface area contributed by atoms with Crippen LogP contribution in [0.3, 0.4) is 0 Å². The molecule has 0 fully saturated rings. The summed E-state index contributed by atoms with van der Waals surface area (Å²) < 4.78 is 0. The monoisotopic (exact) mass is 295 g/mol. The van der Waals surface area contributed by atoms with Crippen LogP contribution in [0.2, 0.25) is 0 Å². The van der Waals surface area contributed by atoms with Gasteiger partial charge in [-0.3, -0.25) is 0 Å². The number of aryl methyl sites for hydroxylation is 2. The van der Waals surface area contributed by atoms with E-state index in [1.165, 1.54) is 16.7 Å². The maximum absolute atomic E-state index is 5.87. The van der Waals surface area contributed by atoms with Gasteiger partial charge in [-0.1, -0.05) is 29.3 Å². The fourth-order valence-electron chi connectivity index (χ4n) is 2.47. The Labute approximate surface area is 128 Å². The van der Waals surface area contributed by atoms with Crippen molar-refractivity contribution < 1.29 is 0 Å². The molecular formula is C17H17N3S. The zero-order valence-corrected chi connectivity index (χ0v) is 12.9. The summed E-state index contributed by atoms with van der Waals surface area (Å²) in [6, 6.07) is 12.4. The molecule has 0 spiro atoms. The number of anilines is 1. The number of hydrogen-bond donors (Lipinski definition) is 1. The smallest absolute Gasteiger partial charge is 0.117 e. The number of benzene rings is 2. The van der Waals surface area contributed by atoms with Gasteiger partial charge >= 0.3 is 0 Å². The van der Waals surface area contributed by atoms with E-state index in [9.17, 15) is 0 Å². The van der Waals surface area contributed by atoms with Crippen molar-refractivity contribution in [1.82, 2.24) is 9.97 Å². The van der Waals surface area contributed by atoms with Gasteiger partial charge in [-0.2, -0.15) is 0 Å². The average molecular weight is 295 g/mol. The molecule has 0 amide bonds. The predicted molar refractivity (Wildman–Crippen MR) is 89.4 cm³/mol. The van der Waals surface area contributed by atoms with E-state index in [-0.39, 0.29) is 0 Å². The molecule has 3 rings (SSSR count). The van der Waals surface area contributed by atoms with Crippen LogP contribution >= 0.6 is 11.8 Å². The van der Waals surface area contributed by atoms with Crippen LogP contribution in [0.4, 0.5) is 5.69 Å². The van der Waals surface area contributed by atoms with Crippen molar-refractivity contribution in [3.8, 4) is 0 Å². The molecule has 0 radical (unpaired) electrons. The predicted octanol–water partition coefficient (Wildman–Crippen LogP) is 4.12. The van der Waals surface area contributed by atoms with Crippen LogP contribution in [-0.2, 0) is 5.75 Å². The second kappa shape index (κ2) is 5.74. The van der Waals surface area contributed by atoms with Gasteiger partial charge in [0.05, 0.1) is 5.52 Å². The van der Waals surface area contributed by atoms with Gasteiger partial charge in [0, 0.05) is 16.8 Å². The fraction of sp³-hybridized carbons (Fsp3) is 0.176. The van der Waals surface area contributed by atoms with Crippen LogP contribution in [0, 0.1) is 13.8 Å². The molecule has 0 aliphatic carbocycles. The number of nitrogens with two attached hydrogens (primary N) is 1. The molecule has 0 unspecified atom stereocenters. The lowest BCUT2D eigenvalue weighted by Gasteiger charge is -2.07. The summed E-state index contributed by atoms with van der Waals surface area (Å²) in [6.07, 6.45) is 1.61. The van der Waals surface area contributed by atoms with Crippen molar-refractivity contribution in [2.45, 2.75) is 24.6 Å². The number of nitrogens with zero attached hydrogens (tertiary/aromatic N) is 2. The number of rotatable bonds is 3. The van der Waals surface area contributed by atoms with Gasteiger partial charge in [-0.25, -0.2) is 9.97 Å². The topological polar surface area (TPSA) is 51.8 Å². The van der Waals surface area contributed by atoms with Crippen LogP contribution < -0.4 is 5.73 Å². The molecule has 0 bridgehead atoms. The highest BCUT2D eigenvalue weighted by Crippen LogP contribution is 2.29. The van der Waals surface area contributed by atoms with Crippen molar-refractivity contribution in [2.24, 2.45) is 0 Å². The first-order valence-corrected chi connectivity index (χ1v) is 7.80. The molecule has 2 N–H and O–H groups in total. The van der Waals surface area contributed by atoms with Crippen molar-refractivity contribution >= 4 is 28.4 Å². The first kappa shape index (κ1) is 13.9. The van der Waals surface area contributed by atoms with Crippen molar-refractivity contribution in [1.29, 1.82) is 0 Å². The van der Waals surface area contributed by atoms with Gasteiger partial charge in [-0.05, 0) is 37.6 Å². The second-order valence-corrected chi connectivity index (χ2v) is 6.20. The van der Waals surface area contributed by atoms with Crippen molar-refractivity contribution in [2.75, 3.05) is 5.73 Å². The third-order valence-corrected chi connectivity index (χ3v) is 4.36. The van der Waals surface area contributed by atoms with Crippen LogP contribution in [-0.4, -0.2) is 9.97 Å². The molecular weight excluding hydrogens is 278 g/mol. The Morgan fingerprint density at radius 3 is 2.52 bits per heavy atom. The normalized spacial score (nSPS) is 11.0. The number of hydrogen-bond acceptors (Lipinski definition) is 4. The molecule has 0 atom stereocenters. The summed E-state index contributed by atoms with van der Waals surface area (Å²) in [5, 5.41) is 2.00. The van der Waals surface area contributed by atoms with Gasteiger partial charge in [0.25, 0.3) is 0 Å². The van der Waals surface area contributed by atoms with E-state index in [1.807, 2.05) is 18.2 Å². The molecule has 0 aliphatic heterocycles. The summed E-state index contributed by atoms with van der Waals surface area (Å²) in [6.45, 7) is 4.25. The molecule has 0 saturated carbocycles. The maximum Gasteiger partial charge on any atom is 0.117 e. The van der Waals surface area contributed by atoms with E-state index in [1.54, 1.807) is 18.1 Å². The lowest BCUT2D eigenvalue weighted by Crippen LogP contribution is -1.91. The zero-order chi connectivity index (χ0) is 14.8. The van der Waals surface area contributed by atoms with Crippen LogP contribution in [0.15, 0.2) is 47.8 Å². The van der Waals surface area contributed by atoms with Gasteiger partial charge in [0.1, 0.15) is 11.4 Å². The number of thioether (sulfide) groups is 1. The molecule has 3 nitrogen and oxygen atoms in total. The molecule has 2 aromatic carbocycles. The molecule has 21 heavy (non-hydrogen) atoms. The molecule has 0 aliphatic rings. The molecule has 1 heterocycles. The molecule has 106 valence electrons. The Hall–Kier alpha value is -2.07. The summed E-state index contributed by atoms with van der Waals surface area (Å²) in [4.78, 5) is 8.69. The largest absolute Gasteiger partial charge is 0.399 e. The van der Waals surface area contributed by atoms with Gasteiger partial charge in [0.2, 0.25) is 0 Å². The highest BCUT2D eigenvalue weighted by atomic mass is 32.2. The molecule has 0 saturated heterocycles. The number of fused-ring (bicyclic) bond motifs is 1. The minimum atomic E-state index is 0.741. The first-order chi connectivity index (χ1) is 10.1. The molecule has 1 aromatic heterocycles. The number of nitrogen functional groups attached to an aromatic ring is 1. The Bertz CT molecular complexity index is 779. The molecule has 4 heteroatoms.